The Morgan fingerprint density at radius 1 is 1.12 bits per heavy atom. The number of sulfone groups is 1. The van der Waals surface area contributed by atoms with Crippen LogP contribution in [0.3, 0.4) is 0 Å². The second-order valence-corrected chi connectivity index (χ2v) is 9.94. The van der Waals surface area contributed by atoms with Gasteiger partial charge in [-0.05, 0) is 30.4 Å². The molecule has 0 bridgehead atoms. The summed E-state index contributed by atoms with van der Waals surface area (Å²) in [5.74, 6) is 0.246. The van der Waals surface area contributed by atoms with E-state index in [1.54, 1.807) is 4.90 Å². The normalized spacial score (nSPS) is 27.2. The van der Waals surface area contributed by atoms with Gasteiger partial charge in [-0.2, -0.15) is 0 Å². The van der Waals surface area contributed by atoms with E-state index in [-0.39, 0.29) is 23.6 Å². The van der Waals surface area contributed by atoms with Crippen LogP contribution in [0, 0.1) is 5.92 Å². The smallest absolute Gasteiger partial charge is 0.227 e. The number of carbonyl (C=O) groups excluding carboxylic acids is 1. The predicted octanol–water partition coefficient (Wildman–Crippen LogP) is 1.57. The topological polar surface area (TPSA) is 57.7 Å². The Labute approximate surface area is 154 Å². The Morgan fingerprint density at radius 2 is 1.85 bits per heavy atom. The number of benzene rings is 2. The van der Waals surface area contributed by atoms with Crippen molar-refractivity contribution >= 4 is 26.5 Å². The summed E-state index contributed by atoms with van der Waals surface area (Å²) >= 11 is 0. The Balaban J connectivity index is 1.55. The summed E-state index contributed by atoms with van der Waals surface area (Å²) in [6.45, 7) is 0.872. The summed E-state index contributed by atoms with van der Waals surface area (Å²) in [4.78, 5) is 16.6. The van der Waals surface area contributed by atoms with E-state index in [0.717, 1.165) is 16.3 Å². The van der Waals surface area contributed by atoms with Gasteiger partial charge in [-0.1, -0.05) is 42.5 Å². The first-order valence-electron chi connectivity index (χ1n) is 8.99. The van der Waals surface area contributed by atoms with Crippen molar-refractivity contribution in [2.45, 2.75) is 17.7 Å². The molecule has 138 valence electrons. The number of hydrogen-bond donors (Lipinski definition) is 0. The number of amides is 1. The van der Waals surface area contributed by atoms with E-state index >= 15 is 0 Å². The maximum atomic E-state index is 12.9. The first kappa shape index (κ1) is 17.5. The van der Waals surface area contributed by atoms with Gasteiger partial charge in [0.15, 0.2) is 9.84 Å². The Hall–Kier alpha value is -1.92. The number of fused-ring (bicyclic) bond motifs is 2. The van der Waals surface area contributed by atoms with Crippen LogP contribution >= 0.6 is 0 Å². The van der Waals surface area contributed by atoms with Gasteiger partial charge in [0.25, 0.3) is 0 Å². The molecule has 2 fully saturated rings. The van der Waals surface area contributed by atoms with Crippen LogP contribution in [0.25, 0.3) is 10.8 Å². The minimum absolute atomic E-state index is 0.000329. The number of hydrogen-bond acceptors (Lipinski definition) is 4. The van der Waals surface area contributed by atoms with Gasteiger partial charge in [-0.3, -0.25) is 4.79 Å². The fourth-order valence-electron chi connectivity index (χ4n) is 4.49. The molecule has 0 unspecified atom stereocenters. The van der Waals surface area contributed by atoms with Crippen LogP contribution in [0.2, 0.25) is 0 Å². The first-order valence-corrected chi connectivity index (χ1v) is 10.7. The average molecular weight is 372 g/mol. The zero-order chi connectivity index (χ0) is 18.5. The van der Waals surface area contributed by atoms with Crippen molar-refractivity contribution in [1.82, 2.24) is 9.80 Å². The molecule has 2 aliphatic heterocycles. The fourth-order valence-corrected chi connectivity index (χ4v) is 6.97. The molecule has 6 heteroatoms. The molecule has 0 spiro atoms. The fraction of sp³-hybridized carbons (Fsp3) is 0.450. The molecule has 2 saturated heterocycles. The molecule has 26 heavy (non-hydrogen) atoms. The lowest BCUT2D eigenvalue weighted by Gasteiger charge is -2.25. The van der Waals surface area contributed by atoms with Gasteiger partial charge in [0, 0.05) is 25.0 Å². The average Bonchev–Trinajstić information content (AvgIpc) is 3.15. The summed E-state index contributed by atoms with van der Waals surface area (Å²) in [5.41, 5.74) is 0.997. The highest BCUT2D eigenvalue weighted by molar-refractivity contribution is 7.92. The van der Waals surface area contributed by atoms with Gasteiger partial charge in [0.1, 0.15) is 0 Å². The SMILES string of the molecule is CN(C)[C@@H]1CS(=O)(=O)[C@H]2CN(C(=O)Cc3cccc4ccccc34)C[C@@H]12. The van der Waals surface area contributed by atoms with E-state index in [2.05, 4.69) is 0 Å². The number of likely N-dealkylation sites (tertiary alicyclic amines) is 1. The monoisotopic (exact) mass is 372 g/mol. The van der Waals surface area contributed by atoms with Crippen LogP contribution in [0.5, 0.6) is 0 Å². The standard InChI is InChI=1S/C20H24N2O3S/c1-21(2)18-13-26(24,25)19-12-22(11-17(18)19)20(23)10-15-8-5-7-14-6-3-4-9-16(14)15/h3-9,17-19H,10-13H2,1-2H3/t17-,18+,19-/m0/s1. The van der Waals surface area contributed by atoms with Gasteiger partial charge in [0.05, 0.1) is 17.4 Å². The minimum Gasteiger partial charge on any atom is -0.341 e. The van der Waals surface area contributed by atoms with E-state index in [1.807, 2.05) is 61.5 Å². The Bertz CT molecular complexity index is 949. The lowest BCUT2D eigenvalue weighted by Crippen LogP contribution is -2.39. The lowest BCUT2D eigenvalue weighted by molar-refractivity contribution is -0.129. The first-order chi connectivity index (χ1) is 12.4. The number of nitrogens with zero attached hydrogens (tertiary/aromatic N) is 2. The molecule has 0 N–H and O–H groups in total. The molecule has 2 heterocycles. The second-order valence-electron chi connectivity index (χ2n) is 7.68. The molecular formula is C20H24N2O3S. The zero-order valence-electron chi connectivity index (χ0n) is 15.1. The van der Waals surface area contributed by atoms with Crippen LogP contribution < -0.4 is 0 Å². The van der Waals surface area contributed by atoms with Gasteiger partial charge in [-0.15, -0.1) is 0 Å². The predicted molar refractivity (Wildman–Crippen MR) is 103 cm³/mol. The van der Waals surface area contributed by atoms with Crippen molar-refractivity contribution in [2.75, 3.05) is 32.9 Å². The van der Waals surface area contributed by atoms with Crippen molar-refractivity contribution in [3.63, 3.8) is 0 Å². The van der Waals surface area contributed by atoms with Crippen molar-refractivity contribution < 1.29 is 13.2 Å². The highest BCUT2D eigenvalue weighted by atomic mass is 32.2. The molecule has 0 saturated carbocycles. The summed E-state index contributed by atoms with van der Waals surface area (Å²) in [6.07, 6.45) is 0.313. The molecule has 2 aromatic carbocycles. The molecule has 1 amide bonds. The van der Waals surface area contributed by atoms with E-state index < -0.39 is 15.1 Å². The quantitative estimate of drug-likeness (QED) is 0.821. The molecule has 3 atom stereocenters. The van der Waals surface area contributed by atoms with Gasteiger partial charge >= 0.3 is 0 Å². The third-order valence-corrected chi connectivity index (χ3v) is 8.13. The molecular weight excluding hydrogens is 348 g/mol. The third-order valence-electron chi connectivity index (χ3n) is 5.91. The van der Waals surface area contributed by atoms with Gasteiger partial charge < -0.3 is 9.80 Å². The molecule has 0 aliphatic carbocycles. The molecule has 2 aromatic rings. The van der Waals surface area contributed by atoms with Crippen LogP contribution in [0.1, 0.15) is 5.56 Å². The highest BCUT2D eigenvalue weighted by Gasteiger charge is 2.53. The van der Waals surface area contributed by atoms with Crippen LogP contribution in [-0.2, 0) is 21.1 Å². The van der Waals surface area contributed by atoms with E-state index in [4.69, 9.17) is 0 Å². The molecule has 0 aromatic heterocycles. The van der Waals surface area contributed by atoms with Crippen LogP contribution in [0.4, 0.5) is 0 Å². The molecule has 2 aliphatic rings. The summed E-state index contributed by atoms with van der Waals surface area (Å²) in [5, 5.41) is 1.79. The lowest BCUT2D eigenvalue weighted by atomic mass is 10.00. The minimum atomic E-state index is -3.13. The van der Waals surface area contributed by atoms with E-state index in [0.29, 0.717) is 19.5 Å². The van der Waals surface area contributed by atoms with Crippen molar-refractivity contribution in [3.8, 4) is 0 Å². The van der Waals surface area contributed by atoms with Crippen molar-refractivity contribution in [2.24, 2.45) is 5.92 Å². The molecule has 0 radical (unpaired) electrons. The molecule has 4 rings (SSSR count). The van der Waals surface area contributed by atoms with Gasteiger partial charge in [-0.25, -0.2) is 8.42 Å². The third kappa shape index (κ3) is 2.91. The van der Waals surface area contributed by atoms with Crippen LogP contribution in [-0.4, -0.2) is 68.4 Å². The summed E-state index contributed by atoms with van der Waals surface area (Å²) < 4.78 is 25.0. The summed E-state index contributed by atoms with van der Waals surface area (Å²) in [6, 6.07) is 14.0. The Kier molecular flexibility index (Phi) is 4.28. The Morgan fingerprint density at radius 3 is 2.62 bits per heavy atom. The van der Waals surface area contributed by atoms with E-state index in [9.17, 15) is 13.2 Å². The van der Waals surface area contributed by atoms with Gasteiger partial charge in [0.2, 0.25) is 5.91 Å². The van der Waals surface area contributed by atoms with Crippen LogP contribution in [0.15, 0.2) is 42.5 Å². The number of carbonyl (C=O) groups is 1. The van der Waals surface area contributed by atoms with E-state index in [1.165, 1.54) is 0 Å². The summed E-state index contributed by atoms with van der Waals surface area (Å²) in [7, 11) is 0.712. The van der Waals surface area contributed by atoms with Crippen molar-refractivity contribution in [3.05, 3.63) is 48.0 Å². The highest BCUT2D eigenvalue weighted by Crippen LogP contribution is 2.36. The van der Waals surface area contributed by atoms with Crippen molar-refractivity contribution in [1.29, 1.82) is 0 Å². The second kappa shape index (κ2) is 6.35. The number of rotatable bonds is 3. The maximum absolute atomic E-state index is 12.9. The molecule has 5 nitrogen and oxygen atoms in total. The zero-order valence-corrected chi connectivity index (χ0v) is 15.9. The maximum Gasteiger partial charge on any atom is 0.227 e. The largest absolute Gasteiger partial charge is 0.341 e.